The van der Waals surface area contributed by atoms with Crippen LogP contribution in [0.1, 0.15) is 5.56 Å². The normalized spacial score (nSPS) is 8.00. The zero-order chi connectivity index (χ0) is 6.53. The second-order valence-corrected chi connectivity index (χ2v) is 1.98. The van der Waals surface area contributed by atoms with Gasteiger partial charge in [-0.25, -0.2) is 0 Å². The molecule has 0 heterocycles. The SMILES string of the molecule is O=P#Cc1ccccc1. The van der Waals surface area contributed by atoms with E-state index in [4.69, 9.17) is 0 Å². The summed E-state index contributed by atoms with van der Waals surface area (Å²) in [6, 6.07) is 9.38. The number of hydrogen-bond acceptors (Lipinski definition) is 1. The van der Waals surface area contributed by atoms with Crippen LogP contribution in [0.3, 0.4) is 0 Å². The molecule has 9 heavy (non-hydrogen) atoms. The molecule has 0 amide bonds. The number of rotatable bonds is 0. The molecule has 0 aliphatic carbocycles. The fraction of sp³-hybridized carbons (Fsp3) is 0. The van der Waals surface area contributed by atoms with Crippen molar-refractivity contribution in [3.63, 3.8) is 0 Å². The third-order valence-corrected chi connectivity index (χ3v) is 1.30. The van der Waals surface area contributed by atoms with Gasteiger partial charge in [0.05, 0.1) is 0 Å². The van der Waals surface area contributed by atoms with E-state index >= 15 is 0 Å². The number of benzene rings is 1. The summed E-state index contributed by atoms with van der Waals surface area (Å²) in [5.41, 5.74) is 3.49. The first-order chi connectivity index (χ1) is 4.43. The molecule has 44 valence electrons. The predicted molar refractivity (Wildman–Crippen MR) is 37.0 cm³/mol. The molecule has 0 radical (unpaired) electrons. The van der Waals surface area contributed by atoms with Crippen LogP contribution in [0, 0.1) is 5.63 Å². The van der Waals surface area contributed by atoms with Crippen molar-refractivity contribution in [1.29, 1.82) is 0 Å². The summed E-state index contributed by atoms with van der Waals surface area (Å²) in [7, 11) is -0.0550. The van der Waals surface area contributed by atoms with E-state index in [0.717, 1.165) is 5.56 Å². The van der Waals surface area contributed by atoms with E-state index in [1.165, 1.54) is 0 Å². The summed E-state index contributed by atoms with van der Waals surface area (Å²) in [4.78, 5) is 0. The molecule has 1 aromatic carbocycles. The summed E-state index contributed by atoms with van der Waals surface area (Å²) < 4.78 is 9.96. The predicted octanol–water partition coefficient (Wildman–Crippen LogP) is 2.29. The summed E-state index contributed by atoms with van der Waals surface area (Å²) in [5, 5.41) is 0. The first kappa shape index (κ1) is 6.35. The monoisotopic (exact) mass is 136 g/mol. The van der Waals surface area contributed by atoms with Gasteiger partial charge in [0.1, 0.15) is 0 Å². The van der Waals surface area contributed by atoms with Gasteiger partial charge in [-0.05, 0) is 0 Å². The summed E-state index contributed by atoms with van der Waals surface area (Å²) >= 11 is 0. The van der Waals surface area contributed by atoms with Gasteiger partial charge in [0.15, 0.2) is 0 Å². The molecule has 0 aromatic heterocycles. The second kappa shape index (κ2) is 3.29. The summed E-state index contributed by atoms with van der Waals surface area (Å²) in [5.74, 6) is 0. The van der Waals surface area contributed by atoms with Crippen molar-refractivity contribution >= 4 is 7.92 Å². The van der Waals surface area contributed by atoms with Crippen molar-refractivity contribution in [2.45, 2.75) is 0 Å². The van der Waals surface area contributed by atoms with Crippen LogP contribution in [0.25, 0.3) is 0 Å². The van der Waals surface area contributed by atoms with Crippen LogP contribution in [0.4, 0.5) is 0 Å². The molecule has 1 nitrogen and oxygen atoms in total. The van der Waals surface area contributed by atoms with Crippen LogP contribution in [-0.4, -0.2) is 0 Å². The van der Waals surface area contributed by atoms with Crippen molar-refractivity contribution in [3.8, 4) is 5.63 Å². The van der Waals surface area contributed by atoms with E-state index < -0.39 is 0 Å². The van der Waals surface area contributed by atoms with E-state index in [0.29, 0.717) is 0 Å². The summed E-state index contributed by atoms with van der Waals surface area (Å²) in [6.07, 6.45) is 0. The Morgan fingerprint density at radius 3 is 2.44 bits per heavy atom. The van der Waals surface area contributed by atoms with Crippen molar-refractivity contribution in [2.24, 2.45) is 0 Å². The van der Waals surface area contributed by atoms with Crippen molar-refractivity contribution in [3.05, 3.63) is 35.9 Å². The Kier molecular flexibility index (Phi) is 2.32. The minimum atomic E-state index is -0.0550. The zero-order valence-electron chi connectivity index (χ0n) is 4.74. The Labute approximate surface area is 54.8 Å². The molecule has 0 spiro atoms. The molecule has 0 unspecified atom stereocenters. The molecular formula is C7H5OP. The quantitative estimate of drug-likeness (QED) is 0.500. The third kappa shape index (κ3) is 1.89. The van der Waals surface area contributed by atoms with Gasteiger partial charge in [0, 0.05) is 0 Å². The van der Waals surface area contributed by atoms with E-state index in [1.807, 2.05) is 30.3 Å². The van der Waals surface area contributed by atoms with Gasteiger partial charge in [-0.3, -0.25) is 0 Å². The van der Waals surface area contributed by atoms with Gasteiger partial charge in [-0.15, -0.1) is 0 Å². The Morgan fingerprint density at radius 1 is 1.22 bits per heavy atom. The molecule has 0 atom stereocenters. The van der Waals surface area contributed by atoms with Gasteiger partial charge in [0.2, 0.25) is 0 Å². The second-order valence-electron chi connectivity index (χ2n) is 1.57. The molecule has 0 N–H and O–H groups in total. The van der Waals surface area contributed by atoms with Gasteiger partial charge in [-0.1, -0.05) is 0 Å². The fourth-order valence-corrected chi connectivity index (χ4v) is 0.820. The summed E-state index contributed by atoms with van der Waals surface area (Å²) in [6.45, 7) is 0. The van der Waals surface area contributed by atoms with Crippen LogP contribution < -0.4 is 0 Å². The average Bonchev–Trinajstić information content (AvgIpc) is 1.91. The van der Waals surface area contributed by atoms with Gasteiger partial charge in [0.25, 0.3) is 0 Å². The number of hydrogen-bond donors (Lipinski definition) is 0. The van der Waals surface area contributed by atoms with Crippen LogP contribution in [0.15, 0.2) is 30.3 Å². The Morgan fingerprint density at radius 2 is 1.89 bits per heavy atom. The molecule has 0 fully saturated rings. The average molecular weight is 136 g/mol. The third-order valence-electron chi connectivity index (χ3n) is 0.949. The molecule has 0 aliphatic rings. The van der Waals surface area contributed by atoms with Crippen molar-refractivity contribution in [2.75, 3.05) is 0 Å². The molecule has 1 aromatic rings. The van der Waals surface area contributed by atoms with Gasteiger partial charge in [-0.2, -0.15) is 0 Å². The molecule has 0 aliphatic heterocycles. The van der Waals surface area contributed by atoms with Gasteiger partial charge < -0.3 is 0 Å². The van der Waals surface area contributed by atoms with Crippen molar-refractivity contribution in [1.82, 2.24) is 0 Å². The minimum absolute atomic E-state index is 0.0550. The van der Waals surface area contributed by atoms with E-state index in [9.17, 15) is 4.57 Å². The molecule has 0 saturated carbocycles. The standard InChI is InChI=1S/C7H5OP/c8-9-6-7-4-2-1-3-5-7/h1-5H. The molecule has 0 bridgehead atoms. The van der Waals surface area contributed by atoms with Crippen LogP contribution in [-0.2, 0) is 4.57 Å². The maximum atomic E-state index is 9.96. The van der Waals surface area contributed by atoms with Crippen LogP contribution in [0.5, 0.6) is 0 Å². The Hall–Kier alpha value is -0.770. The van der Waals surface area contributed by atoms with Crippen LogP contribution in [0.2, 0.25) is 0 Å². The zero-order valence-corrected chi connectivity index (χ0v) is 5.64. The molecular weight excluding hydrogens is 131 g/mol. The van der Waals surface area contributed by atoms with Gasteiger partial charge >= 0.3 is 54.0 Å². The van der Waals surface area contributed by atoms with Crippen LogP contribution >= 0.6 is 7.92 Å². The Balaban J connectivity index is 3.07. The first-order valence-corrected chi connectivity index (χ1v) is 3.38. The van der Waals surface area contributed by atoms with E-state index in [-0.39, 0.29) is 7.92 Å². The van der Waals surface area contributed by atoms with Crippen molar-refractivity contribution < 1.29 is 4.57 Å². The fourth-order valence-electron chi connectivity index (χ4n) is 0.565. The molecule has 0 saturated heterocycles. The Bertz CT molecular complexity index is 272. The van der Waals surface area contributed by atoms with E-state index in [1.54, 1.807) is 0 Å². The molecule has 1 rings (SSSR count). The molecule has 2 heteroatoms. The first-order valence-electron chi connectivity index (χ1n) is 2.57. The van der Waals surface area contributed by atoms with E-state index in [2.05, 4.69) is 5.63 Å². The maximum absolute atomic E-state index is 9.96. The topological polar surface area (TPSA) is 17.1 Å².